The number of anilines is 2. The molecule has 2 heterocycles. The molecule has 8 nitrogen and oxygen atoms in total. The molecule has 1 aromatic heterocycles. The van der Waals surface area contributed by atoms with Crippen molar-refractivity contribution in [2.75, 3.05) is 10.2 Å². The van der Waals surface area contributed by atoms with Gasteiger partial charge in [-0.05, 0) is 66.8 Å². The molecule has 0 unspecified atom stereocenters. The van der Waals surface area contributed by atoms with Gasteiger partial charge in [0.05, 0.1) is 5.69 Å². The van der Waals surface area contributed by atoms with Gasteiger partial charge < -0.3 is 10.1 Å². The van der Waals surface area contributed by atoms with E-state index in [-0.39, 0.29) is 22.4 Å². The molecule has 2 aromatic carbocycles. The monoisotopic (exact) mass is 500 g/mol. The number of ether oxygens (including phenoxy) is 1. The molecule has 3 amide bonds. The second-order valence-electron chi connectivity index (χ2n) is 9.01. The lowest BCUT2D eigenvalue weighted by atomic mass is 9.95. The van der Waals surface area contributed by atoms with Crippen LogP contribution in [0.15, 0.2) is 78.5 Å². The number of hydrogen-bond acceptors (Lipinski definition) is 6. The van der Waals surface area contributed by atoms with Gasteiger partial charge in [-0.2, -0.15) is 0 Å². The molecule has 0 spiro atoms. The van der Waals surface area contributed by atoms with E-state index >= 15 is 0 Å². The number of rotatable bonds is 5. The number of para-hydroxylation sites is 1. The molecule has 0 saturated carbocycles. The van der Waals surface area contributed by atoms with Gasteiger partial charge in [-0.25, -0.2) is 4.98 Å². The lowest BCUT2D eigenvalue weighted by Crippen LogP contribution is -2.54. The van der Waals surface area contributed by atoms with Gasteiger partial charge in [0.2, 0.25) is 5.91 Å². The first-order valence-electron chi connectivity index (χ1n) is 11.1. The average molecular weight is 501 g/mol. The van der Waals surface area contributed by atoms with Gasteiger partial charge >= 0.3 is 0 Å². The van der Waals surface area contributed by atoms with Crippen LogP contribution < -0.4 is 20.3 Å². The van der Waals surface area contributed by atoms with Crippen molar-refractivity contribution < 1.29 is 19.1 Å². The smallest absolute Gasteiger partial charge is 0.270 e. The SMILES string of the molecule is CC(C)(C)C(=O)Nc1ncccc1C=C1C(=O)NC(=S)N(c2ccc(Oc3ccccc3)cc2)C1=O. The third-order valence-corrected chi connectivity index (χ3v) is 5.51. The van der Waals surface area contributed by atoms with Crippen LogP contribution in [-0.4, -0.2) is 27.8 Å². The summed E-state index contributed by atoms with van der Waals surface area (Å²) in [7, 11) is 0. The van der Waals surface area contributed by atoms with E-state index in [9.17, 15) is 14.4 Å². The van der Waals surface area contributed by atoms with Crippen LogP contribution in [0.4, 0.5) is 11.5 Å². The maximum absolute atomic E-state index is 13.4. The Morgan fingerprint density at radius 2 is 1.67 bits per heavy atom. The number of thiocarbonyl (C=S) groups is 1. The molecule has 3 aromatic rings. The predicted octanol–water partition coefficient (Wildman–Crippen LogP) is 4.69. The number of nitrogens with zero attached hydrogens (tertiary/aromatic N) is 2. The van der Waals surface area contributed by atoms with Crippen molar-refractivity contribution in [1.82, 2.24) is 10.3 Å². The first-order valence-corrected chi connectivity index (χ1v) is 11.6. The molecule has 2 N–H and O–H groups in total. The van der Waals surface area contributed by atoms with E-state index in [4.69, 9.17) is 17.0 Å². The Balaban J connectivity index is 1.61. The van der Waals surface area contributed by atoms with Crippen molar-refractivity contribution >= 4 is 52.6 Å². The Morgan fingerprint density at radius 3 is 2.33 bits per heavy atom. The summed E-state index contributed by atoms with van der Waals surface area (Å²) in [4.78, 5) is 44.0. The van der Waals surface area contributed by atoms with E-state index in [1.807, 2.05) is 30.3 Å². The Morgan fingerprint density at radius 1 is 1.00 bits per heavy atom. The third-order valence-electron chi connectivity index (χ3n) is 5.23. The van der Waals surface area contributed by atoms with E-state index in [0.29, 0.717) is 22.7 Å². The summed E-state index contributed by atoms with van der Waals surface area (Å²) in [6.45, 7) is 5.32. The molecule has 1 aliphatic heterocycles. The number of carbonyl (C=O) groups excluding carboxylic acids is 3. The molecule has 0 atom stereocenters. The predicted molar refractivity (Wildman–Crippen MR) is 141 cm³/mol. The van der Waals surface area contributed by atoms with Gasteiger partial charge in [-0.3, -0.25) is 24.6 Å². The summed E-state index contributed by atoms with van der Waals surface area (Å²) in [5.74, 6) is 0.0148. The zero-order valence-corrected chi connectivity index (χ0v) is 20.8. The molecule has 0 radical (unpaired) electrons. The highest BCUT2D eigenvalue weighted by Gasteiger charge is 2.35. The van der Waals surface area contributed by atoms with Gasteiger partial charge in [0.1, 0.15) is 22.9 Å². The van der Waals surface area contributed by atoms with Gasteiger partial charge in [0, 0.05) is 17.2 Å². The first-order chi connectivity index (χ1) is 17.1. The van der Waals surface area contributed by atoms with Crippen LogP contribution in [0.1, 0.15) is 26.3 Å². The topological polar surface area (TPSA) is 101 Å². The Labute approximate surface area is 214 Å². The zero-order valence-electron chi connectivity index (χ0n) is 19.9. The largest absolute Gasteiger partial charge is 0.457 e. The lowest BCUT2D eigenvalue weighted by molar-refractivity contribution is -0.123. The summed E-state index contributed by atoms with van der Waals surface area (Å²) in [6, 6.07) is 19.4. The van der Waals surface area contributed by atoms with Crippen molar-refractivity contribution in [3.05, 3.63) is 84.1 Å². The van der Waals surface area contributed by atoms with Crippen LogP contribution >= 0.6 is 12.2 Å². The molecule has 9 heteroatoms. The zero-order chi connectivity index (χ0) is 25.9. The van der Waals surface area contributed by atoms with Crippen LogP contribution in [0.25, 0.3) is 6.08 Å². The third kappa shape index (κ3) is 5.47. The summed E-state index contributed by atoms with van der Waals surface area (Å²) in [5, 5.41) is 5.28. The second-order valence-corrected chi connectivity index (χ2v) is 9.40. The highest BCUT2D eigenvalue weighted by Crippen LogP contribution is 2.28. The quantitative estimate of drug-likeness (QED) is 0.300. The van der Waals surface area contributed by atoms with Crippen molar-refractivity contribution in [3.63, 3.8) is 0 Å². The molecular formula is C27H24N4O4S. The van der Waals surface area contributed by atoms with Crippen molar-refractivity contribution in [3.8, 4) is 11.5 Å². The molecular weight excluding hydrogens is 476 g/mol. The normalized spacial score (nSPS) is 15.0. The van der Waals surface area contributed by atoms with Crippen LogP contribution in [-0.2, 0) is 14.4 Å². The summed E-state index contributed by atoms with van der Waals surface area (Å²) >= 11 is 5.29. The van der Waals surface area contributed by atoms with E-state index in [0.717, 1.165) is 0 Å². The fourth-order valence-electron chi connectivity index (χ4n) is 3.27. The van der Waals surface area contributed by atoms with Gasteiger partial charge in [0.15, 0.2) is 5.11 Å². The molecule has 1 saturated heterocycles. The van der Waals surface area contributed by atoms with Crippen molar-refractivity contribution in [1.29, 1.82) is 0 Å². The minimum atomic E-state index is -0.653. The highest BCUT2D eigenvalue weighted by atomic mass is 32.1. The van der Waals surface area contributed by atoms with Crippen LogP contribution in [0.2, 0.25) is 0 Å². The van der Waals surface area contributed by atoms with E-state index in [1.165, 1.54) is 17.2 Å². The molecule has 36 heavy (non-hydrogen) atoms. The fraction of sp³-hybridized carbons (Fsp3) is 0.148. The number of carbonyl (C=O) groups is 3. The average Bonchev–Trinajstić information content (AvgIpc) is 2.83. The van der Waals surface area contributed by atoms with E-state index in [2.05, 4.69) is 15.6 Å². The maximum Gasteiger partial charge on any atom is 0.270 e. The number of aromatic nitrogens is 1. The lowest BCUT2D eigenvalue weighted by Gasteiger charge is -2.29. The molecule has 0 bridgehead atoms. The highest BCUT2D eigenvalue weighted by molar-refractivity contribution is 7.80. The molecule has 0 aliphatic carbocycles. The molecule has 4 rings (SSSR count). The van der Waals surface area contributed by atoms with Gasteiger partial charge in [-0.15, -0.1) is 0 Å². The fourth-order valence-corrected chi connectivity index (χ4v) is 3.55. The Hall–Kier alpha value is -4.37. The number of pyridine rings is 1. The first kappa shape index (κ1) is 24.7. The standard InChI is InChI=1S/C27H24N4O4S/c1-27(2,3)25(34)29-22-17(8-7-15-28-22)16-21-23(32)30-26(36)31(24(21)33)18-11-13-20(14-12-18)35-19-9-5-4-6-10-19/h4-16H,1-3H3,(H,28,29,34)(H,30,32,36). The van der Waals surface area contributed by atoms with Crippen molar-refractivity contribution in [2.24, 2.45) is 5.41 Å². The number of nitrogens with one attached hydrogen (secondary N) is 2. The number of amides is 3. The second kappa shape index (κ2) is 10.1. The Bertz CT molecular complexity index is 1360. The number of hydrogen-bond donors (Lipinski definition) is 2. The number of benzene rings is 2. The summed E-state index contributed by atoms with van der Waals surface area (Å²) < 4.78 is 5.80. The molecule has 1 fully saturated rings. The van der Waals surface area contributed by atoms with Gasteiger partial charge in [-0.1, -0.05) is 39.0 Å². The van der Waals surface area contributed by atoms with Crippen LogP contribution in [0, 0.1) is 5.41 Å². The van der Waals surface area contributed by atoms with Gasteiger partial charge in [0.25, 0.3) is 11.8 Å². The Kier molecular flexibility index (Phi) is 6.93. The van der Waals surface area contributed by atoms with E-state index in [1.54, 1.807) is 57.2 Å². The van der Waals surface area contributed by atoms with Crippen LogP contribution in [0.5, 0.6) is 11.5 Å². The van der Waals surface area contributed by atoms with Crippen molar-refractivity contribution in [2.45, 2.75) is 20.8 Å². The minimum absolute atomic E-state index is 0.0358. The van der Waals surface area contributed by atoms with Crippen LogP contribution in [0.3, 0.4) is 0 Å². The maximum atomic E-state index is 13.4. The minimum Gasteiger partial charge on any atom is -0.457 e. The summed E-state index contributed by atoms with van der Waals surface area (Å²) in [5.41, 5.74) is 0.0727. The van der Waals surface area contributed by atoms with E-state index < -0.39 is 17.2 Å². The summed E-state index contributed by atoms with van der Waals surface area (Å²) in [6.07, 6.45) is 2.91. The molecule has 182 valence electrons. The molecule has 1 aliphatic rings.